The minimum atomic E-state index is -0.328. The highest BCUT2D eigenvalue weighted by Gasteiger charge is 2.46. The molecule has 31 heavy (non-hydrogen) atoms. The van der Waals surface area contributed by atoms with Crippen LogP contribution in [0.3, 0.4) is 0 Å². The van der Waals surface area contributed by atoms with E-state index in [1.165, 1.54) is 4.90 Å². The zero-order valence-corrected chi connectivity index (χ0v) is 18.4. The highest BCUT2D eigenvalue weighted by atomic mass is 16.6. The molecular formula is C24H31N3O4. The first kappa shape index (κ1) is 21.4. The zero-order valence-electron chi connectivity index (χ0n) is 18.4. The first-order valence-electron chi connectivity index (χ1n) is 11.4. The molecule has 3 heterocycles. The monoisotopic (exact) mass is 425 g/mol. The van der Waals surface area contributed by atoms with E-state index in [4.69, 9.17) is 4.74 Å². The van der Waals surface area contributed by atoms with Crippen LogP contribution in [-0.4, -0.2) is 71.4 Å². The van der Waals surface area contributed by atoms with Crippen LogP contribution in [0.4, 0.5) is 4.79 Å². The number of carbonyl (C=O) groups is 3. The lowest BCUT2D eigenvalue weighted by atomic mass is 9.97. The summed E-state index contributed by atoms with van der Waals surface area (Å²) < 4.78 is 5.09. The van der Waals surface area contributed by atoms with Crippen molar-refractivity contribution in [2.45, 2.75) is 45.6 Å². The molecule has 0 spiro atoms. The predicted molar refractivity (Wildman–Crippen MR) is 117 cm³/mol. The van der Waals surface area contributed by atoms with E-state index in [-0.39, 0.29) is 23.9 Å². The Labute approximate surface area is 183 Å². The van der Waals surface area contributed by atoms with E-state index >= 15 is 0 Å². The average molecular weight is 426 g/mol. The van der Waals surface area contributed by atoms with Crippen molar-refractivity contribution in [1.82, 2.24) is 14.7 Å². The number of nitrogens with zero attached hydrogens (tertiary/aromatic N) is 3. The van der Waals surface area contributed by atoms with Crippen molar-refractivity contribution in [2.24, 2.45) is 5.92 Å². The van der Waals surface area contributed by atoms with Crippen molar-refractivity contribution in [3.63, 3.8) is 0 Å². The van der Waals surface area contributed by atoms with Crippen LogP contribution in [0.1, 0.15) is 45.1 Å². The highest BCUT2D eigenvalue weighted by molar-refractivity contribution is 6.35. The first-order valence-corrected chi connectivity index (χ1v) is 11.4. The molecule has 0 unspecified atom stereocenters. The third kappa shape index (κ3) is 4.18. The fourth-order valence-electron chi connectivity index (χ4n) is 4.78. The van der Waals surface area contributed by atoms with Crippen molar-refractivity contribution in [3.05, 3.63) is 41.6 Å². The molecule has 3 amide bonds. The van der Waals surface area contributed by atoms with Crippen molar-refractivity contribution >= 4 is 23.5 Å². The minimum Gasteiger partial charge on any atom is -0.450 e. The molecular weight excluding hydrogens is 394 g/mol. The van der Waals surface area contributed by atoms with Crippen LogP contribution in [-0.2, 0) is 14.3 Å². The maximum absolute atomic E-state index is 13.6. The van der Waals surface area contributed by atoms with Gasteiger partial charge < -0.3 is 14.5 Å². The summed E-state index contributed by atoms with van der Waals surface area (Å²) in [4.78, 5) is 44.4. The van der Waals surface area contributed by atoms with Gasteiger partial charge in [-0.2, -0.15) is 0 Å². The number of rotatable bonds is 4. The number of hydrogen-bond acceptors (Lipinski definition) is 5. The van der Waals surface area contributed by atoms with Crippen LogP contribution in [0.15, 0.2) is 36.0 Å². The lowest BCUT2D eigenvalue weighted by Gasteiger charge is -2.36. The SMILES string of the molecule is CCOC(=O)N1CCC(N2C(=O)C(c3ccccc3)=C(N3CCC(C)CC3)C2=O)CC1. The second-order valence-corrected chi connectivity index (χ2v) is 8.66. The quantitative estimate of drug-likeness (QED) is 0.694. The van der Waals surface area contributed by atoms with Crippen molar-refractivity contribution < 1.29 is 19.1 Å². The normalized spacial score (nSPS) is 21.3. The Hall–Kier alpha value is -2.83. The summed E-state index contributed by atoms with van der Waals surface area (Å²) in [6.07, 6.45) is 2.85. The molecule has 0 saturated carbocycles. The number of piperidine rings is 2. The minimum absolute atomic E-state index is 0.187. The van der Waals surface area contributed by atoms with Crippen LogP contribution in [0, 0.1) is 5.92 Å². The Kier molecular flexibility index (Phi) is 6.30. The van der Waals surface area contributed by atoms with Gasteiger partial charge in [0.05, 0.1) is 12.2 Å². The maximum Gasteiger partial charge on any atom is 0.409 e. The Morgan fingerprint density at radius 3 is 2.23 bits per heavy atom. The van der Waals surface area contributed by atoms with Gasteiger partial charge in [0.15, 0.2) is 0 Å². The number of imide groups is 1. The molecule has 0 bridgehead atoms. The Morgan fingerprint density at radius 1 is 0.968 bits per heavy atom. The number of amides is 3. The Bertz CT molecular complexity index is 866. The lowest BCUT2D eigenvalue weighted by molar-refractivity contribution is -0.141. The Balaban J connectivity index is 1.58. The van der Waals surface area contributed by atoms with Gasteiger partial charge in [-0.25, -0.2) is 4.79 Å². The van der Waals surface area contributed by atoms with Gasteiger partial charge in [-0.05, 0) is 44.1 Å². The number of likely N-dealkylation sites (tertiary alicyclic amines) is 2. The van der Waals surface area contributed by atoms with Crippen LogP contribution in [0.25, 0.3) is 5.57 Å². The van der Waals surface area contributed by atoms with Gasteiger partial charge in [-0.15, -0.1) is 0 Å². The fourth-order valence-corrected chi connectivity index (χ4v) is 4.78. The molecule has 3 aliphatic heterocycles. The largest absolute Gasteiger partial charge is 0.450 e. The van der Waals surface area contributed by atoms with E-state index in [9.17, 15) is 14.4 Å². The third-order valence-electron chi connectivity index (χ3n) is 6.61. The summed E-state index contributed by atoms with van der Waals surface area (Å²) in [7, 11) is 0. The molecule has 0 aliphatic carbocycles. The van der Waals surface area contributed by atoms with Crippen molar-refractivity contribution in [2.75, 3.05) is 32.8 Å². The average Bonchev–Trinajstić information content (AvgIpc) is 3.05. The summed E-state index contributed by atoms with van der Waals surface area (Å²) >= 11 is 0. The summed E-state index contributed by atoms with van der Waals surface area (Å²) in [5.41, 5.74) is 1.87. The van der Waals surface area contributed by atoms with Gasteiger partial charge in [-0.3, -0.25) is 14.5 Å². The molecule has 7 nitrogen and oxygen atoms in total. The number of carbonyl (C=O) groups excluding carboxylic acids is 3. The predicted octanol–water partition coefficient (Wildman–Crippen LogP) is 3.12. The number of benzene rings is 1. The van der Waals surface area contributed by atoms with Gasteiger partial charge in [0.25, 0.3) is 11.8 Å². The molecule has 7 heteroatoms. The molecule has 166 valence electrons. The molecule has 0 atom stereocenters. The second kappa shape index (κ2) is 9.12. The van der Waals surface area contributed by atoms with Gasteiger partial charge in [-0.1, -0.05) is 37.3 Å². The fraction of sp³-hybridized carbons (Fsp3) is 0.542. The second-order valence-electron chi connectivity index (χ2n) is 8.66. The Morgan fingerprint density at radius 2 is 1.61 bits per heavy atom. The summed E-state index contributed by atoms with van der Waals surface area (Å²) in [6, 6.07) is 9.31. The molecule has 0 N–H and O–H groups in total. The molecule has 2 saturated heterocycles. The van der Waals surface area contributed by atoms with Crippen LogP contribution in [0.2, 0.25) is 0 Å². The standard InChI is InChI=1S/C24H31N3O4/c1-3-31-24(30)26-15-11-19(12-16-26)27-22(28)20(18-7-5-4-6-8-18)21(23(27)29)25-13-9-17(2)10-14-25/h4-8,17,19H,3,9-16H2,1-2H3. The highest BCUT2D eigenvalue weighted by Crippen LogP contribution is 2.36. The summed E-state index contributed by atoms with van der Waals surface area (Å²) in [5, 5.41) is 0. The van der Waals surface area contributed by atoms with Gasteiger partial charge in [0.1, 0.15) is 5.70 Å². The van der Waals surface area contributed by atoms with E-state index in [1.54, 1.807) is 11.8 Å². The van der Waals surface area contributed by atoms with Crippen molar-refractivity contribution in [3.8, 4) is 0 Å². The molecule has 3 aliphatic rings. The van der Waals surface area contributed by atoms with Gasteiger partial charge >= 0.3 is 6.09 Å². The molecule has 4 rings (SSSR count). The number of ether oxygens (including phenoxy) is 1. The third-order valence-corrected chi connectivity index (χ3v) is 6.61. The van der Waals surface area contributed by atoms with Crippen LogP contribution in [0.5, 0.6) is 0 Å². The molecule has 1 aromatic rings. The van der Waals surface area contributed by atoms with E-state index in [2.05, 4.69) is 11.8 Å². The van der Waals surface area contributed by atoms with E-state index in [0.29, 0.717) is 49.7 Å². The van der Waals surface area contributed by atoms with E-state index in [0.717, 1.165) is 31.5 Å². The lowest BCUT2D eigenvalue weighted by Crippen LogP contribution is -2.50. The molecule has 1 aromatic carbocycles. The summed E-state index contributed by atoms with van der Waals surface area (Å²) in [5.74, 6) is 0.236. The number of hydrogen-bond donors (Lipinski definition) is 0. The van der Waals surface area contributed by atoms with Crippen LogP contribution >= 0.6 is 0 Å². The van der Waals surface area contributed by atoms with Crippen LogP contribution < -0.4 is 0 Å². The zero-order chi connectivity index (χ0) is 22.0. The molecule has 0 radical (unpaired) electrons. The smallest absolute Gasteiger partial charge is 0.409 e. The summed E-state index contributed by atoms with van der Waals surface area (Å²) in [6.45, 7) is 6.91. The van der Waals surface area contributed by atoms with Gasteiger partial charge in [0, 0.05) is 32.2 Å². The first-order chi connectivity index (χ1) is 15.0. The van der Waals surface area contributed by atoms with E-state index in [1.807, 2.05) is 30.3 Å². The molecule has 2 fully saturated rings. The van der Waals surface area contributed by atoms with E-state index < -0.39 is 0 Å². The van der Waals surface area contributed by atoms with Gasteiger partial charge in [0.2, 0.25) is 0 Å². The molecule has 0 aromatic heterocycles. The van der Waals surface area contributed by atoms with Crippen molar-refractivity contribution in [1.29, 1.82) is 0 Å². The topological polar surface area (TPSA) is 70.2 Å². The maximum atomic E-state index is 13.6.